The van der Waals surface area contributed by atoms with Crippen molar-refractivity contribution in [2.24, 2.45) is 0 Å². The van der Waals surface area contributed by atoms with E-state index in [1.807, 2.05) is 6.92 Å². The van der Waals surface area contributed by atoms with Crippen LogP contribution < -0.4 is 5.32 Å². The highest BCUT2D eigenvalue weighted by molar-refractivity contribution is 5.93. The summed E-state index contributed by atoms with van der Waals surface area (Å²) in [7, 11) is 0. The molecule has 1 aliphatic carbocycles. The standard InChI is InChI=1S/C14H20N2O3/c1-10-6-7-12(14(17)18)13(16-10)15-8-9-19-11-4-2-3-5-11/h6-7,11H,2-5,8-9H2,1H3,(H,15,16)(H,17,18). The Bertz CT molecular complexity index is 442. The number of aryl methyl sites for hydroxylation is 1. The average molecular weight is 264 g/mol. The van der Waals surface area contributed by atoms with Crippen LogP contribution in [0.5, 0.6) is 0 Å². The van der Waals surface area contributed by atoms with Crippen LogP contribution in [0.4, 0.5) is 5.82 Å². The third kappa shape index (κ3) is 3.92. The summed E-state index contributed by atoms with van der Waals surface area (Å²) in [4.78, 5) is 15.3. The Kier molecular flexibility index (Phi) is 4.74. The molecule has 1 aliphatic rings. The molecule has 0 aliphatic heterocycles. The Hall–Kier alpha value is -1.62. The number of nitrogens with zero attached hydrogens (tertiary/aromatic N) is 1. The molecule has 19 heavy (non-hydrogen) atoms. The second-order valence-corrected chi connectivity index (χ2v) is 4.86. The quantitative estimate of drug-likeness (QED) is 0.772. The lowest BCUT2D eigenvalue weighted by atomic mass is 10.2. The monoisotopic (exact) mass is 264 g/mol. The molecule has 0 unspecified atom stereocenters. The normalized spacial score (nSPS) is 15.6. The third-order valence-electron chi connectivity index (χ3n) is 3.32. The van der Waals surface area contributed by atoms with Gasteiger partial charge < -0.3 is 15.2 Å². The van der Waals surface area contributed by atoms with E-state index in [-0.39, 0.29) is 5.56 Å². The van der Waals surface area contributed by atoms with E-state index in [0.717, 1.165) is 18.5 Å². The van der Waals surface area contributed by atoms with Gasteiger partial charge in [0, 0.05) is 12.2 Å². The maximum absolute atomic E-state index is 11.1. The van der Waals surface area contributed by atoms with Gasteiger partial charge in [0.2, 0.25) is 0 Å². The number of nitrogens with one attached hydrogen (secondary N) is 1. The molecule has 0 radical (unpaired) electrons. The second-order valence-electron chi connectivity index (χ2n) is 4.86. The largest absolute Gasteiger partial charge is 0.478 e. The molecule has 1 heterocycles. The van der Waals surface area contributed by atoms with Gasteiger partial charge in [0.15, 0.2) is 0 Å². The van der Waals surface area contributed by atoms with Crippen LogP contribution in [0, 0.1) is 6.92 Å². The van der Waals surface area contributed by atoms with E-state index in [1.165, 1.54) is 12.8 Å². The summed E-state index contributed by atoms with van der Waals surface area (Å²) in [6, 6.07) is 3.27. The zero-order valence-electron chi connectivity index (χ0n) is 11.2. The molecular weight excluding hydrogens is 244 g/mol. The summed E-state index contributed by atoms with van der Waals surface area (Å²) in [5.41, 5.74) is 0.996. The number of rotatable bonds is 6. The minimum Gasteiger partial charge on any atom is -0.478 e. The minimum absolute atomic E-state index is 0.200. The van der Waals surface area contributed by atoms with Crippen molar-refractivity contribution in [3.05, 3.63) is 23.4 Å². The Morgan fingerprint density at radius 2 is 2.21 bits per heavy atom. The van der Waals surface area contributed by atoms with Crippen LogP contribution in [-0.2, 0) is 4.74 Å². The Labute approximate surface area is 113 Å². The van der Waals surface area contributed by atoms with Gasteiger partial charge in [-0.15, -0.1) is 0 Å². The maximum Gasteiger partial charge on any atom is 0.339 e. The molecule has 5 heteroatoms. The Morgan fingerprint density at radius 3 is 2.89 bits per heavy atom. The number of pyridine rings is 1. The molecule has 0 saturated heterocycles. The molecule has 1 saturated carbocycles. The Balaban J connectivity index is 1.84. The van der Waals surface area contributed by atoms with Crippen molar-refractivity contribution in [3.63, 3.8) is 0 Å². The van der Waals surface area contributed by atoms with Gasteiger partial charge >= 0.3 is 5.97 Å². The van der Waals surface area contributed by atoms with Gasteiger partial charge in [-0.25, -0.2) is 9.78 Å². The predicted octanol–water partition coefficient (Wildman–Crippen LogP) is 2.46. The smallest absolute Gasteiger partial charge is 0.339 e. The van der Waals surface area contributed by atoms with Gasteiger partial charge in [0.05, 0.1) is 12.7 Å². The molecule has 0 bridgehead atoms. The number of carboxylic acids is 1. The molecule has 0 spiro atoms. The summed E-state index contributed by atoms with van der Waals surface area (Å²) >= 11 is 0. The first kappa shape index (κ1) is 13.8. The molecular formula is C14H20N2O3. The van der Waals surface area contributed by atoms with E-state index in [9.17, 15) is 4.79 Å². The number of ether oxygens (including phenoxy) is 1. The van der Waals surface area contributed by atoms with Gasteiger partial charge in [-0.1, -0.05) is 12.8 Å². The first-order chi connectivity index (χ1) is 9.16. The van der Waals surface area contributed by atoms with Crippen molar-refractivity contribution in [2.75, 3.05) is 18.5 Å². The van der Waals surface area contributed by atoms with E-state index >= 15 is 0 Å². The second kappa shape index (κ2) is 6.52. The molecule has 104 valence electrons. The molecule has 1 fully saturated rings. The summed E-state index contributed by atoms with van der Waals surface area (Å²) in [5.74, 6) is -0.547. The first-order valence-corrected chi connectivity index (χ1v) is 6.73. The number of anilines is 1. The minimum atomic E-state index is -0.966. The lowest BCUT2D eigenvalue weighted by Crippen LogP contribution is -2.17. The molecule has 5 nitrogen and oxygen atoms in total. The molecule has 2 rings (SSSR count). The van der Waals surface area contributed by atoms with Crippen LogP contribution >= 0.6 is 0 Å². The average Bonchev–Trinajstić information content (AvgIpc) is 2.87. The Morgan fingerprint density at radius 1 is 1.47 bits per heavy atom. The van der Waals surface area contributed by atoms with Crippen molar-refractivity contribution in [1.82, 2.24) is 4.98 Å². The number of aromatic carboxylic acids is 1. The number of hydrogen-bond acceptors (Lipinski definition) is 4. The SMILES string of the molecule is Cc1ccc(C(=O)O)c(NCCOC2CCCC2)n1. The van der Waals surface area contributed by atoms with Crippen LogP contribution in [0.2, 0.25) is 0 Å². The van der Waals surface area contributed by atoms with Crippen LogP contribution in [-0.4, -0.2) is 35.3 Å². The van der Waals surface area contributed by atoms with E-state index < -0.39 is 5.97 Å². The van der Waals surface area contributed by atoms with E-state index in [2.05, 4.69) is 10.3 Å². The van der Waals surface area contributed by atoms with Crippen molar-refractivity contribution in [1.29, 1.82) is 0 Å². The van der Waals surface area contributed by atoms with Gasteiger partial charge in [0.1, 0.15) is 11.4 Å². The molecule has 0 amide bonds. The summed E-state index contributed by atoms with van der Waals surface area (Å²) in [6.07, 6.45) is 5.17. The van der Waals surface area contributed by atoms with Gasteiger partial charge in [-0.05, 0) is 31.9 Å². The highest BCUT2D eigenvalue weighted by atomic mass is 16.5. The fourth-order valence-electron chi connectivity index (χ4n) is 2.31. The van der Waals surface area contributed by atoms with E-state index in [1.54, 1.807) is 12.1 Å². The fraction of sp³-hybridized carbons (Fsp3) is 0.571. The molecule has 2 N–H and O–H groups in total. The first-order valence-electron chi connectivity index (χ1n) is 6.73. The number of hydrogen-bond donors (Lipinski definition) is 2. The molecule has 0 aromatic carbocycles. The van der Waals surface area contributed by atoms with Crippen molar-refractivity contribution in [2.45, 2.75) is 38.7 Å². The third-order valence-corrected chi connectivity index (χ3v) is 3.32. The number of aromatic nitrogens is 1. The van der Waals surface area contributed by atoms with Crippen molar-refractivity contribution >= 4 is 11.8 Å². The zero-order chi connectivity index (χ0) is 13.7. The molecule has 0 atom stereocenters. The molecule has 1 aromatic rings. The van der Waals surface area contributed by atoms with Gasteiger partial charge in [-0.2, -0.15) is 0 Å². The van der Waals surface area contributed by atoms with Crippen LogP contribution in [0.25, 0.3) is 0 Å². The zero-order valence-corrected chi connectivity index (χ0v) is 11.2. The van der Waals surface area contributed by atoms with Crippen LogP contribution in [0.15, 0.2) is 12.1 Å². The fourth-order valence-corrected chi connectivity index (χ4v) is 2.31. The predicted molar refractivity (Wildman–Crippen MR) is 72.6 cm³/mol. The van der Waals surface area contributed by atoms with Crippen molar-refractivity contribution in [3.8, 4) is 0 Å². The lowest BCUT2D eigenvalue weighted by Gasteiger charge is -2.13. The highest BCUT2D eigenvalue weighted by Crippen LogP contribution is 2.20. The molecule has 1 aromatic heterocycles. The van der Waals surface area contributed by atoms with E-state index in [4.69, 9.17) is 9.84 Å². The maximum atomic E-state index is 11.1. The van der Waals surface area contributed by atoms with Crippen molar-refractivity contribution < 1.29 is 14.6 Å². The van der Waals surface area contributed by atoms with E-state index in [0.29, 0.717) is 25.1 Å². The number of carbonyl (C=O) groups is 1. The van der Waals surface area contributed by atoms with Crippen LogP contribution in [0.3, 0.4) is 0 Å². The van der Waals surface area contributed by atoms with Crippen LogP contribution in [0.1, 0.15) is 41.7 Å². The van der Waals surface area contributed by atoms with Gasteiger partial charge in [-0.3, -0.25) is 0 Å². The highest BCUT2D eigenvalue weighted by Gasteiger charge is 2.15. The summed E-state index contributed by atoms with van der Waals surface area (Å²) in [5, 5.41) is 12.1. The topological polar surface area (TPSA) is 71.5 Å². The summed E-state index contributed by atoms with van der Waals surface area (Å²) in [6.45, 7) is 3.00. The number of carboxylic acid groups (broad SMARTS) is 1. The summed E-state index contributed by atoms with van der Waals surface area (Å²) < 4.78 is 5.72. The van der Waals surface area contributed by atoms with Gasteiger partial charge in [0.25, 0.3) is 0 Å². The lowest BCUT2D eigenvalue weighted by molar-refractivity contribution is 0.0655.